The van der Waals surface area contributed by atoms with Gasteiger partial charge >= 0.3 is 5.97 Å². The zero-order valence-electron chi connectivity index (χ0n) is 12.3. The summed E-state index contributed by atoms with van der Waals surface area (Å²) < 4.78 is 10.1. The summed E-state index contributed by atoms with van der Waals surface area (Å²) >= 11 is 0. The van der Waals surface area contributed by atoms with Gasteiger partial charge in [0.25, 0.3) is 5.89 Å². The molecule has 112 valence electrons. The van der Waals surface area contributed by atoms with Crippen molar-refractivity contribution in [2.24, 2.45) is 0 Å². The Labute approximate surface area is 123 Å². The van der Waals surface area contributed by atoms with Crippen LogP contribution < -0.4 is 5.32 Å². The van der Waals surface area contributed by atoms with E-state index in [0.717, 1.165) is 11.1 Å². The van der Waals surface area contributed by atoms with Crippen LogP contribution in [0.3, 0.4) is 0 Å². The molecule has 2 aromatic rings. The minimum absolute atomic E-state index is 0.210. The smallest absolute Gasteiger partial charge is 0.307 e. The van der Waals surface area contributed by atoms with Crippen LogP contribution in [0.4, 0.5) is 0 Å². The largest absolute Gasteiger partial charge is 0.466 e. The summed E-state index contributed by atoms with van der Waals surface area (Å²) in [6.45, 7) is 5.18. The third-order valence-corrected chi connectivity index (χ3v) is 2.83. The molecule has 0 unspecified atom stereocenters. The SMILES string of the molecule is CCOC(=O)CCNCc1noc(-c2cccc(C)c2)n1. The van der Waals surface area contributed by atoms with Gasteiger partial charge in [0.05, 0.1) is 19.6 Å². The molecule has 6 heteroatoms. The lowest BCUT2D eigenvalue weighted by molar-refractivity contribution is -0.142. The lowest BCUT2D eigenvalue weighted by atomic mass is 10.1. The second kappa shape index (κ2) is 7.54. The van der Waals surface area contributed by atoms with Crippen LogP contribution in [0.2, 0.25) is 0 Å². The fourth-order valence-electron chi connectivity index (χ4n) is 1.84. The summed E-state index contributed by atoms with van der Waals surface area (Å²) in [5, 5.41) is 6.99. The molecule has 0 aliphatic carbocycles. The molecule has 1 aromatic heterocycles. The first-order chi connectivity index (χ1) is 10.2. The normalized spacial score (nSPS) is 10.6. The first-order valence-corrected chi connectivity index (χ1v) is 6.95. The van der Waals surface area contributed by atoms with Crippen molar-refractivity contribution in [2.75, 3.05) is 13.2 Å². The van der Waals surface area contributed by atoms with E-state index >= 15 is 0 Å². The van der Waals surface area contributed by atoms with Crippen LogP contribution in [-0.2, 0) is 16.1 Å². The van der Waals surface area contributed by atoms with Crippen LogP contribution in [0.15, 0.2) is 28.8 Å². The van der Waals surface area contributed by atoms with E-state index in [9.17, 15) is 4.79 Å². The second-order valence-electron chi connectivity index (χ2n) is 4.62. The van der Waals surface area contributed by atoms with Crippen molar-refractivity contribution in [3.05, 3.63) is 35.7 Å². The average Bonchev–Trinajstić information content (AvgIpc) is 2.93. The highest BCUT2D eigenvalue weighted by Crippen LogP contribution is 2.17. The lowest BCUT2D eigenvalue weighted by Crippen LogP contribution is -2.19. The Hall–Kier alpha value is -2.21. The molecular weight excluding hydrogens is 270 g/mol. The number of nitrogens with zero attached hydrogens (tertiary/aromatic N) is 2. The molecule has 0 saturated carbocycles. The Morgan fingerprint density at radius 3 is 3.05 bits per heavy atom. The minimum Gasteiger partial charge on any atom is -0.466 e. The van der Waals surface area contributed by atoms with Crippen LogP contribution in [0.25, 0.3) is 11.5 Å². The third kappa shape index (κ3) is 4.68. The Balaban J connectivity index is 1.82. The van der Waals surface area contributed by atoms with Gasteiger partial charge in [-0.15, -0.1) is 0 Å². The standard InChI is InChI=1S/C15H19N3O3/c1-3-20-14(19)7-8-16-10-13-17-15(21-18-13)12-6-4-5-11(2)9-12/h4-6,9,16H,3,7-8,10H2,1-2H3. The van der Waals surface area contributed by atoms with Crippen LogP contribution >= 0.6 is 0 Å². The minimum atomic E-state index is -0.210. The number of hydrogen-bond donors (Lipinski definition) is 1. The number of benzene rings is 1. The maximum absolute atomic E-state index is 11.2. The van der Waals surface area contributed by atoms with Gasteiger partial charge in [-0.05, 0) is 26.0 Å². The van der Waals surface area contributed by atoms with E-state index < -0.39 is 0 Å². The number of carbonyl (C=O) groups is 1. The molecule has 1 heterocycles. The molecule has 0 amide bonds. The fourth-order valence-corrected chi connectivity index (χ4v) is 1.84. The average molecular weight is 289 g/mol. The summed E-state index contributed by atoms with van der Waals surface area (Å²) in [5.41, 5.74) is 2.04. The zero-order chi connectivity index (χ0) is 15.1. The number of ether oxygens (including phenoxy) is 1. The molecule has 0 spiro atoms. The topological polar surface area (TPSA) is 77.2 Å². The molecule has 21 heavy (non-hydrogen) atoms. The van der Waals surface area contributed by atoms with E-state index in [2.05, 4.69) is 15.5 Å². The van der Waals surface area contributed by atoms with Gasteiger partial charge in [0.1, 0.15) is 0 Å². The van der Waals surface area contributed by atoms with Gasteiger partial charge in [0, 0.05) is 12.1 Å². The summed E-state index contributed by atoms with van der Waals surface area (Å²) in [4.78, 5) is 15.5. The number of aryl methyl sites for hydroxylation is 1. The molecular formula is C15H19N3O3. The zero-order valence-corrected chi connectivity index (χ0v) is 12.3. The molecule has 6 nitrogen and oxygen atoms in total. The van der Waals surface area contributed by atoms with Crippen LogP contribution in [0.5, 0.6) is 0 Å². The van der Waals surface area contributed by atoms with E-state index in [1.807, 2.05) is 31.2 Å². The molecule has 0 bridgehead atoms. The van der Waals surface area contributed by atoms with Gasteiger partial charge in [-0.25, -0.2) is 0 Å². The Morgan fingerprint density at radius 1 is 1.43 bits per heavy atom. The van der Waals surface area contributed by atoms with Crippen molar-refractivity contribution in [3.63, 3.8) is 0 Å². The second-order valence-corrected chi connectivity index (χ2v) is 4.62. The lowest BCUT2D eigenvalue weighted by Gasteiger charge is -2.01. The highest BCUT2D eigenvalue weighted by atomic mass is 16.5. The first-order valence-electron chi connectivity index (χ1n) is 6.95. The van der Waals surface area contributed by atoms with Crippen molar-refractivity contribution in [3.8, 4) is 11.5 Å². The van der Waals surface area contributed by atoms with E-state index in [0.29, 0.717) is 37.8 Å². The van der Waals surface area contributed by atoms with Gasteiger partial charge in [-0.2, -0.15) is 4.98 Å². The number of rotatable bonds is 7. The summed E-state index contributed by atoms with van der Waals surface area (Å²) in [7, 11) is 0. The molecule has 0 atom stereocenters. The molecule has 0 radical (unpaired) electrons. The van der Waals surface area contributed by atoms with Crippen LogP contribution in [-0.4, -0.2) is 29.3 Å². The van der Waals surface area contributed by atoms with Crippen LogP contribution in [0.1, 0.15) is 24.7 Å². The number of aromatic nitrogens is 2. The molecule has 0 fully saturated rings. The van der Waals surface area contributed by atoms with E-state index in [-0.39, 0.29) is 5.97 Å². The molecule has 0 aliphatic heterocycles. The maximum Gasteiger partial charge on any atom is 0.307 e. The van der Waals surface area contributed by atoms with Gasteiger partial charge in [-0.1, -0.05) is 22.9 Å². The number of esters is 1. The van der Waals surface area contributed by atoms with Crippen molar-refractivity contribution in [2.45, 2.75) is 26.8 Å². The first kappa shape index (κ1) is 15.2. The summed E-state index contributed by atoms with van der Waals surface area (Å²) in [5.74, 6) is 0.856. The van der Waals surface area contributed by atoms with E-state index in [1.54, 1.807) is 6.92 Å². The monoisotopic (exact) mass is 289 g/mol. The Morgan fingerprint density at radius 2 is 2.29 bits per heavy atom. The maximum atomic E-state index is 11.2. The predicted octanol–water partition coefficient (Wildman–Crippen LogP) is 2.09. The Kier molecular flexibility index (Phi) is 5.45. The number of hydrogen-bond acceptors (Lipinski definition) is 6. The highest BCUT2D eigenvalue weighted by molar-refractivity contribution is 5.69. The predicted molar refractivity (Wildman–Crippen MR) is 77.4 cm³/mol. The molecule has 2 rings (SSSR count). The van der Waals surface area contributed by atoms with Gasteiger partial charge in [0.15, 0.2) is 5.82 Å². The highest BCUT2D eigenvalue weighted by Gasteiger charge is 2.08. The quantitative estimate of drug-likeness (QED) is 0.621. The number of carbonyl (C=O) groups excluding carboxylic acids is 1. The van der Waals surface area contributed by atoms with E-state index in [1.165, 1.54) is 0 Å². The van der Waals surface area contributed by atoms with Crippen molar-refractivity contribution < 1.29 is 14.1 Å². The number of nitrogens with one attached hydrogen (secondary N) is 1. The van der Waals surface area contributed by atoms with Gasteiger partial charge < -0.3 is 14.6 Å². The van der Waals surface area contributed by atoms with Gasteiger partial charge in [0.2, 0.25) is 0 Å². The molecule has 1 N–H and O–H groups in total. The fraction of sp³-hybridized carbons (Fsp3) is 0.400. The van der Waals surface area contributed by atoms with Crippen molar-refractivity contribution in [1.82, 2.24) is 15.5 Å². The molecule has 1 aromatic carbocycles. The van der Waals surface area contributed by atoms with Gasteiger partial charge in [-0.3, -0.25) is 4.79 Å². The molecule has 0 saturated heterocycles. The Bertz CT molecular complexity index is 595. The van der Waals surface area contributed by atoms with E-state index in [4.69, 9.17) is 9.26 Å². The van der Waals surface area contributed by atoms with Crippen molar-refractivity contribution >= 4 is 5.97 Å². The third-order valence-electron chi connectivity index (χ3n) is 2.83. The molecule has 0 aliphatic rings. The van der Waals surface area contributed by atoms with Crippen molar-refractivity contribution in [1.29, 1.82) is 0 Å². The van der Waals surface area contributed by atoms with Crippen LogP contribution in [0, 0.1) is 6.92 Å². The summed E-state index contributed by atoms with van der Waals surface area (Å²) in [6, 6.07) is 7.88. The summed E-state index contributed by atoms with van der Waals surface area (Å²) in [6.07, 6.45) is 0.330.